The van der Waals surface area contributed by atoms with E-state index in [-0.39, 0.29) is 18.6 Å². The van der Waals surface area contributed by atoms with E-state index in [1.807, 2.05) is 0 Å². The summed E-state index contributed by atoms with van der Waals surface area (Å²) in [6.07, 6.45) is 1.38. The summed E-state index contributed by atoms with van der Waals surface area (Å²) in [4.78, 5) is 45.1. The normalized spacial score (nSPS) is 20.0. The van der Waals surface area contributed by atoms with E-state index in [0.29, 0.717) is 0 Å². The summed E-state index contributed by atoms with van der Waals surface area (Å²) in [7, 11) is 0. The molecule has 0 bridgehead atoms. The van der Waals surface area contributed by atoms with E-state index in [4.69, 9.17) is 14.9 Å². The molecule has 1 aliphatic carbocycles. The number of aliphatic carboxylic acids is 3. The number of carboxylic acids is 3. The lowest BCUT2D eigenvalue weighted by Crippen LogP contribution is -2.35. The highest BCUT2D eigenvalue weighted by molar-refractivity contribution is 6.02. The molecule has 0 heterocycles. The Morgan fingerprint density at radius 3 is 2.26 bits per heavy atom. The Bertz CT molecular complexity index is 640. The van der Waals surface area contributed by atoms with Crippen LogP contribution < -0.4 is 0 Å². The Balaban J connectivity index is 3.01. The highest BCUT2D eigenvalue weighted by Crippen LogP contribution is 2.38. The van der Waals surface area contributed by atoms with Crippen molar-refractivity contribution in [3.63, 3.8) is 0 Å². The molecule has 1 rings (SSSR count). The number of rotatable bonds is 7. The van der Waals surface area contributed by atoms with Crippen molar-refractivity contribution < 1.29 is 39.2 Å². The minimum atomic E-state index is -1.65. The van der Waals surface area contributed by atoms with Gasteiger partial charge in [0.25, 0.3) is 0 Å². The summed E-state index contributed by atoms with van der Waals surface area (Å²) < 4.78 is 4.84. The van der Waals surface area contributed by atoms with Crippen LogP contribution in [0.1, 0.15) is 19.8 Å². The maximum Gasteiger partial charge on any atom is 0.336 e. The Morgan fingerprint density at radius 1 is 1.22 bits per heavy atom. The van der Waals surface area contributed by atoms with Gasteiger partial charge < -0.3 is 20.1 Å². The highest BCUT2D eigenvalue weighted by atomic mass is 16.5. The lowest BCUT2D eigenvalue weighted by Gasteiger charge is -2.29. The predicted octanol–water partition coefficient (Wildman–Crippen LogP) is 0.992. The maximum absolute atomic E-state index is 11.6. The molecule has 0 aromatic carbocycles. The largest absolute Gasteiger partial charge is 0.481 e. The van der Waals surface area contributed by atoms with Crippen molar-refractivity contribution >= 4 is 23.9 Å². The quantitative estimate of drug-likeness (QED) is 0.465. The summed E-state index contributed by atoms with van der Waals surface area (Å²) in [5, 5.41) is 27.5. The van der Waals surface area contributed by atoms with Crippen LogP contribution in [0.15, 0.2) is 35.5 Å². The highest BCUT2D eigenvalue weighted by Gasteiger charge is 2.42. The first-order chi connectivity index (χ1) is 10.6. The van der Waals surface area contributed by atoms with Crippen molar-refractivity contribution in [2.75, 3.05) is 6.61 Å². The topological polar surface area (TPSA) is 138 Å². The van der Waals surface area contributed by atoms with E-state index in [1.165, 1.54) is 6.92 Å². The van der Waals surface area contributed by atoms with Gasteiger partial charge in [-0.2, -0.15) is 0 Å². The fraction of sp³-hybridized carbons (Fsp3) is 0.333. The zero-order valence-electron chi connectivity index (χ0n) is 12.4. The smallest absolute Gasteiger partial charge is 0.336 e. The van der Waals surface area contributed by atoms with Crippen LogP contribution in [0.5, 0.6) is 0 Å². The molecular formula is C15H16O8. The van der Waals surface area contributed by atoms with Crippen molar-refractivity contribution in [3.05, 3.63) is 35.5 Å². The average Bonchev–Trinajstić information content (AvgIpc) is 2.46. The van der Waals surface area contributed by atoms with Crippen LogP contribution in [0.2, 0.25) is 0 Å². The molecule has 1 unspecified atom stereocenters. The molecule has 1 aliphatic rings. The van der Waals surface area contributed by atoms with E-state index >= 15 is 0 Å². The number of esters is 1. The summed E-state index contributed by atoms with van der Waals surface area (Å²) >= 11 is 0. The van der Waals surface area contributed by atoms with Gasteiger partial charge in [-0.3, -0.25) is 4.79 Å². The SMILES string of the molecule is C=C(C)C(=O)OCCC1(C(=O)O)C=CC(C(=O)O)=C(C(=O)O)C1. The lowest BCUT2D eigenvalue weighted by molar-refractivity contribution is -0.150. The molecular weight excluding hydrogens is 308 g/mol. The van der Waals surface area contributed by atoms with E-state index in [9.17, 15) is 24.3 Å². The van der Waals surface area contributed by atoms with Crippen LogP contribution >= 0.6 is 0 Å². The third kappa shape index (κ3) is 4.06. The van der Waals surface area contributed by atoms with Crippen molar-refractivity contribution in [2.45, 2.75) is 19.8 Å². The Hall–Kier alpha value is -2.90. The summed E-state index contributed by atoms with van der Waals surface area (Å²) in [5.41, 5.74) is -2.48. The predicted molar refractivity (Wildman–Crippen MR) is 76.5 cm³/mol. The molecule has 0 aliphatic heterocycles. The minimum Gasteiger partial charge on any atom is -0.481 e. The molecule has 124 valence electrons. The van der Waals surface area contributed by atoms with Gasteiger partial charge in [0.05, 0.1) is 23.2 Å². The van der Waals surface area contributed by atoms with E-state index in [0.717, 1.165) is 12.2 Å². The molecule has 0 spiro atoms. The molecule has 0 aromatic heterocycles. The Kier molecular flexibility index (Phi) is 5.45. The van der Waals surface area contributed by atoms with Gasteiger partial charge in [-0.25, -0.2) is 14.4 Å². The minimum absolute atomic E-state index is 0.146. The molecule has 0 aromatic rings. The van der Waals surface area contributed by atoms with Gasteiger partial charge >= 0.3 is 23.9 Å². The zero-order valence-corrected chi connectivity index (χ0v) is 12.4. The van der Waals surface area contributed by atoms with Gasteiger partial charge in [0, 0.05) is 18.4 Å². The van der Waals surface area contributed by atoms with Crippen LogP contribution in [0, 0.1) is 5.41 Å². The van der Waals surface area contributed by atoms with Crippen LogP contribution in [-0.4, -0.2) is 45.8 Å². The van der Waals surface area contributed by atoms with Gasteiger partial charge in [0.15, 0.2) is 0 Å². The summed E-state index contributed by atoms with van der Waals surface area (Å²) in [5.74, 6) is -4.98. The second-order valence-corrected chi connectivity index (χ2v) is 5.14. The summed E-state index contributed by atoms with van der Waals surface area (Å²) in [6, 6.07) is 0. The molecule has 0 saturated carbocycles. The van der Waals surface area contributed by atoms with E-state index in [1.54, 1.807) is 0 Å². The first kappa shape index (κ1) is 18.1. The van der Waals surface area contributed by atoms with Gasteiger partial charge in [-0.15, -0.1) is 0 Å². The molecule has 1 atom stereocenters. The zero-order chi connectivity index (χ0) is 17.8. The molecule has 0 amide bonds. The number of carbonyl (C=O) groups excluding carboxylic acids is 1. The van der Waals surface area contributed by atoms with E-state index < -0.39 is 46.9 Å². The molecule has 0 saturated heterocycles. The van der Waals surface area contributed by atoms with Gasteiger partial charge in [-0.1, -0.05) is 12.7 Å². The van der Waals surface area contributed by atoms with Crippen LogP contribution in [0.4, 0.5) is 0 Å². The fourth-order valence-electron chi connectivity index (χ4n) is 2.08. The third-order valence-electron chi connectivity index (χ3n) is 3.43. The molecule has 3 N–H and O–H groups in total. The van der Waals surface area contributed by atoms with Crippen LogP contribution in [0.3, 0.4) is 0 Å². The van der Waals surface area contributed by atoms with Crippen molar-refractivity contribution in [3.8, 4) is 0 Å². The van der Waals surface area contributed by atoms with Crippen LogP contribution in [-0.2, 0) is 23.9 Å². The molecule has 0 radical (unpaired) electrons. The van der Waals surface area contributed by atoms with Gasteiger partial charge in [-0.05, 0) is 13.0 Å². The van der Waals surface area contributed by atoms with Crippen molar-refractivity contribution in [1.82, 2.24) is 0 Å². The number of hydrogen-bond donors (Lipinski definition) is 3. The average molecular weight is 324 g/mol. The first-order valence-corrected chi connectivity index (χ1v) is 6.56. The number of ether oxygens (including phenoxy) is 1. The maximum atomic E-state index is 11.6. The molecule has 0 fully saturated rings. The Labute approximate surface area is 131 Å². The first-order valence-electron chi connectivity index (χ1n) is 6.56. The standard InChI is InChI=1S/C15H16O8/c1-8(2)13(20)23-6-5-15(14(21)22)4-3-9(11(16)17)10(7-15)12(18)19/h3-4H,1,5-7H2,2H3,(H,16,17)(H,18,19)(H,21,22). The molecule has 8 heteroatoms. The van der Waals surface area contributed by atoms with Crippen molar-refractivity contribution in [1.29, 1.82) is 0 Å². The van der Waals surface area contributed by atoms with Crippen LogP contribution in [0.25, 0.3) is 0 Å². The van der Waals surface area contributed by atoms with Gasteiger partial charge in [0.2, 0.25) is 0 Å². The number of hydrogen-bond acceptors (Lipinski definition) is 5. The summed E-state index contributed by atoms with van der Waals surface area (Å²) in [6.45, 7) is 4.55. The second kappa shape index (κ2) is 6.91. The molecule has 23 heavy (non-hydrogen) atoms. The lowest BCUT2D eigenvalue weighted by atomic mass is 9.74. The number of carbonyl (C=O) groups is 4. The third-order valence-corrected chi connectivity index (χ3v) is 3.43. The molecule has 8 nitrogen and oxygen atoms in total. The fourth-order valence-corrected chi connectivity index (χ4v) is 2.08. The second-order valence-electron chi connectivity index (χ2n) is 5.14. The Morgan fingerprint density at radius 2 is 1.83 bits per heavy atom. The number of carboxylic acid groups (broad SMARTS) is 3. The monoisotopic (exact) mass is 324 g/mol. The van der Waals surface area contributed by atoms with Crippen molar-refractivity contribution in [2.24, 2.45) is 5.41 Å². The van der Waals surface area contributed by atoms with Gasteiger partial charge in [0.1, 0.15) is 0 Å². The van der Waals surface area contributed by atoms with E-state index in [2.05, 4.69) is 6.58 Å².